The molecule has 0 amide bonds. The van der Waals surface area contributed by atoms with Crippen LogP contribution in [0.5, 0.6) is 17.2 Å². The molecule has 0 saturated heterocycles. The summed E-state index contributed by atoms with van der Waals surface area (Å²) in [5.74, 6) is 1.25. The molecule has 0 radical (unpaired) electrons. The summed E-state index contributed by atoms with van der Waals surface area (Å²) in [5.41, 5.74) is 0. The minimum Gasteiger partial charge on any atom is -0.494 e. The third-order valence-electron chi connectivity index (χ3n) is 2.87. The average Bonchev–Trinajstić information content (AvgIpc) is 2.39. The Labute approximate surface area is 111 Å². The van der Waals surface area contributed by atoms with Crippen molar-refractivity contribution in [2.24, 2.45) is 0 Å². The molecule has 1 aliphatic rings. The van der Waals surface area contributed by atoms with E-state index >= 15 is 0 Å². The maximum Gasteiger partial charge on any atom is 0.213 e. The van der Waals surface area contributed by atoms with Crippen molar-refractivity contribution in [2.75, 3.05) is 6.61 Å². The van der Waals surface area contributed by atoms with Crippen molar-refractivity contribution in [1.82, 2.24) is 0 Å². The molecule has 0 saturated carbocycles. The highest BCUT2D eigenvalue weighted by molar-refractivity contribution is 7.91. The normalized spacial score (nSPS) is 15.0. The van der Waals surface area contributed by atoms with Gasteiger partial charge in [-0.1, -0.05) is 12.1 Å². The van der Waals surface area contributed by atoms with Crippen LogP contribution in [0, 0.1) is 0 Å². The summed E-state index contributed by atoms with van der Waals surface area (Å²) in [6.45, 7) is 2.38. The maximum absolute atomic E-state index is 12.4. The standard InChI is InChI=1S/C14H12O4S/c1-2-17-10-7-8-14-12(9-10)18-11-5-3-4-6-13(11)19(14,15)16/h3-9H,2H2,1H3. The lowest BCUT2D eigenvalue weighted by molar-refractivity contribution is 0.336. The second-order valence-corrected chi connectivity index (χ2v) is 5.98. The zero-order chi connectivity index (χ0) is 13.5. The van der Waals surface area contributed by atoms with Crippen LogP contribution in [0.15, 0.2) is 52.3 Å². The van der Waals surface area contributed by atoms with Crippen LogP contribution in [0.2, 0.25) is 0 Å². The molecule has 1 heterocycles. The number of sulfone groups is 1. The predicted octanol–water partition coefficient (Wildman–Crippen LogP) is 3.02. The molecule has 0 bridgehead atoms. The van der Waals surface area contributed by atoms with Crippen LogP contribution >= 0.6 is 0 Å². The minimum atomic E-state index is -3.51. The van der Waals surface area contributed by atoms with Crippen LogP contribution in [0.3, 0.4) is 0 Å². The number of hydrogen-bond donors (Lipinski definition) is 0. The van der Waals surface area contributed by atoms with Gasteiger partial charge in [0.15, 0.2) is 0 Å². The van der Waals surface area contributed by atoms with Gasteiger partial charge in [0.1, 0.15) is 27.0 Å². The van der Waals surface area contributed by atoms with Gasteiger partial charge in [0.25, 0.3) is 0 Å². The molecule has 0 N–H and O–H groups in total. The molecule has 5 heteroatoms. The molecule has 19 heavy (non-hydrogen) atoms. The van der Waals surface area contributed by atoms with E-state index in [-0.39, 0.29) is 9.79 Å². The van der Waals surface area contributed by atoms with Crippen molar-refractivity contribution in [3.05, 3.63) is 42.5 Å². The van der Waals surface area contributed by atoms with E-state index in [9.17, 15) is 8.42 Å². The Bertz CT molecular complexity index is 735. The van der Waals surface area contributed by atoms with Gasteiger partial charge in [-0.05, 0) is 31.2 Å². The van der Waals surface area contributed by atoms with Gasteiger partial charge in [-0.2, -0.15) is 0 Å². The summed E-state index contributed by atoms with van der Waals surface area (Å²) in [6.07, 6.45) is 0. The smallest absolute Gasteiger partial charge is 0.213 e. The van der Waals surface area contributed by atoms with E-state index < -0.39 is 9.84 Å². The molecular formula is C14H12O4S. The number of ether oxygens (including phenoxy) is 2. The van der Waals surface area contributed by atoms with Crippen LogP contribution in [-0.4, -0.2) is 15.0 Å². The summed E-state index contributed by atoms with van der Waals surface area (Å²) in [6, 6.07) is 11.4. The molecule has 98 valence electrons. The average molecular weight is 276 g/mol. The van der Waals surface area contributed by atoms with Gasteiger partial charge in [0, 0.05) is 6.07 Å². The first-order valence-corrected chi connectivity index (χ1v) is 7.40. The maximum atomic E-state index is 12.4. The summed E-state index contributed by atoms with van der Waals surface area (Å²) >= 11 is 0. The van der Waals surface area contributed by atoms with Crippen LogP contribution in [0.1, 0.15) is 6.92 Å². The highest BCUT2D eigenvalue weighted by atomic mass is 32.2. The van der Waals surface area contributed by atoms with Gasteiger partial charge in [-0.3, -0.25) is 0 Å². The van der Waals surface area contributed by atoms with Gasteiger partial charge in [-0.25, -0.2) is 8.42 Å². The Morgan fingerprint density at radius 2 is 1.79 bits per heavy atom. The fourth-order valence-electron chi connectivity index (χ4n) is 2.04. The van der Waals surface area contributed by atoms with Crippen molar-refractivity contribution < 1.29 is 17.9 Å². The first-order chi connectivity index (χ1) is 9.13. The van der Waals surface area contributed by atoms with Gasteiger partial charge in [0.05, 0.1) is 6.61 Å². The van der Waals surface area contributed by atoms with E-state index in [1.807, 2.05) is 6.92 Å². The molecule has 2 aromatic carbocycles. The first-order valence-electron chi connectivity index (χ1n) is 5.92. The van der Waals surface area contributed by atoms with Crippen molar-refractivity contribution in [2.45, 2.75) is 16.7 Å². The lowest BCUT2D eigenvalue weighted by Gasteiger charge is -2.20. The monoisotopic (exact) mass is 276 g/mol. The minimum absolute atomic E-state index is 0.176. The molecule has 3 rings (SSSR count). The number of hydrogen-bond acceptors (Lipinski definition) is 4. The number of fused-ring (bicyclic) bond motifs is 2. The van der Waals surface area contributed by atoms with E-state index in [1.165, 1.54) is 6.07 Å². The number of benzene rings is 2. The SMILES string of the molecule is CCOc1ccc2c(c1)Oc1ccccc1S2(=O)=O. The van der Waals surface area contributed by atoms with E-state index in [4.69, 9.17) is 9.47 Å². The van der Waals surface area contributed by atoms with Crippen LogP contribution < -0.4 is 9.47 Å². The highest BCUT2D eigenvalue weighted by Crippen LogP contribution is 2.43. The molecule has 0 aliphatic carbocycles. The Hall–Kier alpha value is -2.01. The molecule has 0 fully saturated rings. The van der Waals surface area contributed by atoms with Crippen molar-refractivity contribution in [1.29, 1.82) is 0 Å². The molecule has 0 spiro atoms. The second kappa shape index (κ2) is 4.28. The molecule has 1 aliphatic heterocycles. The van der Waals surface area contributed by atoms with E-state index in [2.05, 4.69) is 0 Å². The Morgan fingerprint density at radius 1 is 1.05 bits per heavy atom. The molecule has 0 atom stereocenters. The lowest BCUT2D eigenvalue weighted by Crippen LogP contribution is -2.11. The second-order valence-electron chi connectivity index (χ2n) is 4.09. The molecule has 2 aromatic rings. The van der Waals surface area contributed by atoms with Gasteiger partial charge in [-0.15, -0.1) is 0 Å². The first kappa shape index (κ1) is 12.0. The van der Waals surface area contributed by atoms with E-state index in [0.717, 1.165) is 0 Å². The van der Waals surface area contributed by atoms with Gasteiger partial charge < -0.3 is 9.47 Å². The predicted molar refractivity (Wildman–Crippen MR) is 69.6 cm³/mol. The van der Waals surface area contributed by atoms with Crippen LogP contribution in [0.25, 0.3) is 0 Å². The van der Waals surface area contributed by atoms with E-state index in [0.29, 0.717) is 23.9 Å². The Kier molecular flexibility index (Phi) is 2.71. The summed E-state index contributed by atoms with van der Waals surface area (Å²) < 4.78 is 35.9. The van der Waals surface area contributed by atoms with Crippen molar-refractivity contribution in [3.63, 3.8) is 0 Å². The fourth-order valence-corrected chi connectivity index (χ4v) is 3.52. The van der Waals surface area contributed by atoms with Gasteiger partial charge in [0.2, 0.25) is 9.84 Å². The molecular weight excluding hydrogens is 264 g/mol. The Morgan fingerprint density at radius 3 is 2.58 bits per heavy atom. The van der Waals surface area contributed by atoms with Crippen molar-refractivity contribution in [3.8, 4) is 17.2 Å². The Balaban J connectivity index is 2.19. The topological polar surface area (TPSA) is 52.6 Å². The lowest BCUT2D eigenvalue weighted by atomic mass is 10.3. The largest absolute Gasteiger partial charge is 0.494 e. The molecule has 0 unspecified atom stereocenters. The third kappa shape index (κ3) is 1.86. The quantitative estimate of drug-likeness (QED) is 0.722. The summed E-state index contributed by atoms with van der Waals surface area (Å²) in [7, 11) is -3.51. The fraction of sp³-hybridized carbons (Fsp3) is 0.143. The van der Waals surface area contributed by atoms with Crippen molar-refractivity contribution >= 4 is 9.84 Å². The highest BCUT2D eigenvalue weighted by Gasteiger charge is 2.31. The summed E-state index contributed by atoms with van der Waals surface area (Å²) in [5, 5.41) is 0. The zero-order valence-electron chi connectivity index (χ0n) is 10.3. The van der Waals surface area contributed by atoms with Crippen LogP contribution in [-0.2, 0) is 9.84 Å². The summed E-state index contributed by atoms with van der Waals surface area (Å²) in [4.78, 5) is 0.376. The zero-order valence-corrected chi connectivity index (χ0v) is 11.1. The number of para-hydroxylation sites is 1. The molecule has 0 aromatic heterocycles. The van der Waals surface area contributed by atoms with Crippen LogP contribution in [0.4, 0.5) is 0 Å². The van der Waals surface area contributed by atoms with E-state index in [1.54, 1.807) is 36.4 Å². The van der Waals surface area contributed by atoms with Gasteiger partial charge >= 0.3 is 0 Å². The number of rotatable bonds is 2. The third-order valence-corrected chi connectivity index (χ3v) is 4.71. The molecule has 4 nitrogen and oxygen atoms in total.